The third kappa shape index (κ3) is 3.96. The number of benzene rings is 2. The monoisotopic (exact) mass is 377 g/mol. The molecule has 0 atom stereocenters. The molecule has 0 spiro atoms. The number of nitrogens with one attached hydrogen (secondary N) is 1. The summed E-state index contributed by atoms with van der Waals surface area (Å²) in [6, 6.07) is 14.9. The highest BCUT2D eigenvalue weighted by atomic mass is 16.5. The lowest BCUT2D eigenvalue weighted by atomic mass is 10.1. The quantitative estimate of drug-likeness (QED) is 0.687. The number of ether oxygens (including phenoxy) is 1. The summed E-state index contributed by atoms with van der Waals surface area (Å²) in [6.45, 7) is 5.73. The number of hydrogen-bond donors (Lipinski definition) is 1. The number of nitrogens with zero attached hydrogens (tertiary/aromatic N) is 2. The Morgan fingerprint density at radius 3 is 2.46 bits per heavy atom. The van der Waals surface area contributed by atoms with Crippen LogP contribution in [0.5, 0.6) is 0 Å². The highest BCUT2D eigenvalue weighted by Gasteiger charge is 2.17. The second-order valence-electron chi connectivity index (χ2n) is 6.64. The second kappa shape index (κ2) is 8.08. The lowest BCUT2D eigenvalue weighted by Gasteiger charge is -2.10. The van der Waals surface area contributed by atoms with Gasteiger partial charge in [-0.25, -0.2) is 9.48 Å². The number of methoxy groups -OCH3 is 1. The zero-order valence-corrected chi connectivity index (χ0v) is 16.4. The largest absolute Gasteiger partial charge is 0.465 e. The molecule has 0 aliphatic carbocycles. The molecule has 1 aromatic heterocycles. The first-order valence-electron chi connectivity index (χ1n) is 9.00. The van der Waals surface area contributed by atoms with E-state index < -0.39 is 5.97 Å². The molecule has 1 amide bonds. The summed E-state index contributed by atoms with van der Waals surface area (Å²) in [5, 5.41) is 7.48. The minimum Gasteiger partial charge on any atom is -0.465 e. The van der Waals surface area contributed by atoms with Crippen LogP contribution < -0.4 is 5.32 Å². The van der Waals surface area contributed by atoms with Crippen LogP contribution in [0, 0.1) is 20.8 Å². The summed E-state index contributed by atoms with van der Waals surface area (Å²) in [4.78, 5) is 24.4. The number of anilines is 1. The fraction of sp³-hybridized carbons (Fsp3) is 0.227. The number of carbonyl (C=O) groups is 2. The Hall–Kier alpha value is -3.41. The summed E-state index contributed by atoms with van der Waals surface area (Å²) >= 11 is 0. The van der Waals surface area contributed by atoms with E-state index in [0.29, 0.717) is 11.3 Å². The number of para-hydroxylation sites is 1. The number of hydrogen-bond acceptors (Lipinski definition) is 4. The topological polar surface area (TPSA) is 73.2 Å². The van der Waals surface area contributed by atoms with Crippen molar-refractivity contribution in [2.45, 2.75) is 27.2 Å². The van der Waals surface area contributed by atoms with Gasteiger partial charge in [-0.3, -0.25) is 4.79 Å². The van der Waals surface area contributed by atoms with Crippen molar-refractivity contribution in [2.24, 2.45) is 0 Å². The van der Waals surface area contributed by atoms with Crippen molar-refractivity contribution < 1.29 is 14.3 Å². The van der Waals surface area contributed by atoms with E-state index >= 15 is 0 Å². The molecule has 144 valence electrons. The summed E-state index contributed by atoms with van der Waals surface area (Å²) < 4.78 is 6.59. The molecule has 6 heteroatoms. The third-order valence-corrected chi connectivity index (χ3v) is 4.71. The van der Waals surface area contributed by atoms with Gasteiger partial charge in [0.05, 0.1) is 30.5 Å². The average molecular weight is 377 g/mol. The van der Waals surface area contributed by atoms with Crippen molar-refractivity contribution in [3.63, 3.8) is 0 Å². The first-order valence-corrected chi connectivity index (χ1v) is 9.00. The smallest absolute Gasteiger partial charge is 0.337 e. The average Bonchev–Trinajstić information content (AvgIpc) is 2.98. The molecule has 0 aliphatic heterocycles. The third-order valence-electron chi connectivity index (χ3n) is 4.71. The maximum Gasteiger partial charge on any atom is 0.337 e. The molecule has 0 saturated carbocycles. The van der Waals surface area contributed by atoms with E-state index in [2.05, 4.69) is 10.4 Å². The van der Waals surface area contributed by atoms with Gasteiger partial charge in [-0.1, -0.05) is 24.3 Å². The van der Waals surface area contributed by atoms with Crippen LogP contribution in [0.25, 0.3) is 5.69 Å². The molecular formula is C22H23N3O3. The molecule has 0 saturated heterocycles. The molecule has 1 heterocycles. The SMILES string of the molecule is COC(=O)c1ccc(C)c(NC(=O)Cc2c(C)nn(-c3ccccc3)c2C)c1. The minimum atomic E-state index is -0.439. The van der Waals surface area contributed by atoms with Crippen LogP contribution in [-0.4, -0.2) is 28.8 Å². The Kier molecular flexibility index (Phi) is 5.59. The fourth-order valence-corrected chi connectivity index (χ4v) is 3.11. The lowest BCUT2D eigenvalue weighted by Crippen LogP contribution is -2.16. The van der Waals surface area contributed by atoms with E-state index in [-0.39, 0.29) is 12.3 Å². The van der Waals surface area contributed by atoms with Crippen molar-refractivity contribution in [3.05, 3.63) is 76.6 Å². The number of aromatic nitrogens is 2. The van der Waals surface area contributed by atoms with Gasteiger partial charge in [0.2, 0.25) is 5.91 Å². The van der Waals surface area contributed by atoms with Crippen molar-refractivity contribution >= 4 is 17.6 Å². The Bertz CT molecular complexity index is 1020. The van der Waals surface area contributed by atoms with Gasteiger partial charge in [0.15, 0.2) is 0 Å². The molecule has 0 unspecified atom stereocenters. The maximum atomic E-state index is 12.7. The minimum absolute atomic E-state index is 0.163. The highest BCUT2D eigenvalue weighted by molar-refractivity contribution is 5.96. The van der Waals surface area contributed by atoms with Crippen LogP contribution in [0.3, 0.4) is 0 Å². The van der Waals surface area contributed by atoms with Crippen LogP contribution in [0.15, 0.2) is 48.5 Å². The summed E-state index contributed by atoms with van der Waals surface area (Å²) in [5.74, 6) is -0.602. The first-order chi connectivity index (χ1) is 13.4. The molecule has 0 radical (unpaired) electrons. The number of esters is 1. The van der Waals surface area contributed by atoms with E-state index in [4.69, 9.17) is 4.74 Å². The summed E-state index contributed by atoms with van der Waals surface area (Å²) in [5.41, 5.74) is 5.45. The van der Waals surface area contributed by atoms with Gasteiger partial charge in [-0.15, -0.1) is 0 Å². The van der Waals surface area contributed by atoms with Gasteiger partial charge >= 0.3 is 5.97 Å². The number of aryl methyl sites for hydroxylation is 2. The molecule has 2 aromatic carbocycles. The van der Waals surface area contributed by atoms with E-state index in [0.717, 1.165) is 28.2 Å². The number of amides is 1. The van der Waals surface area contributed by atoms with Crippen molar-refractivity contribution in [1.82, 2.24) is 9.78 Å². The molecule has 1 N–H and O–H groups in total. The zero-order chi connectivity index (χ0) is 20.3. The van der Waals surface area contributed by atoms with Crippen LogP contribution >= 0.6 is 0 Å². The molecule has 0 fully saturated rings. The van der Waals surface area contributed by atoms with Crippen molar-refractivity contribution in [1.29, 1.82) is 0 Å². The second-order valence-corrected chi connectivity index (χ2v) is 6.64. The van der Waals surface area contributed by atoms with Gasteiger partial charge in [-0.05, 0) is 50.6 Å². The Morgan fingerprint density at radius 2 is 1.79 bits per heavy atom. The molecule has 3 rings (SSSR count). The molecule has 0 bridgehead atoms. The number of carbonyl (C=O) groups excluding carboxylic acids is 2. The predicted molar refractivity (Wildman–Crippen MR) is 108 cm³/mol. The Balaban J connectivity index is 1.81. The summed E-state index contributed by atoms with van der Waals surface area (Å²) in [6.07, 6.45) is 0.201. The molecule has 3 aromatic rings. The predicted octanol–water partition coefficient (Wildman–Crippen LogP) is 3.77. The Labute approximate surface area is 164 Å². The maximum absolute atomic E-state index is 12.7. The van der Waals surface area contributed by atoms with Gasteiger partial charge < -0.3 is 10.1 Å². The van der Waals surface area contributed by atoms with E-state index in [1.807, 2.05) is 55.8 Å². The standard InChI is InChI=1S/C22H23N3O3/c1-14-10-11-17(22(27)28-4)12-20(14)23-21(26)13-19-15(2)24-25(16(19)3)18-8-6-5-7-9-18/h5-12H,13H2,1-4H3,(H,23,26). The van der Waals surface area contributed by atoms with E-state index in [9.17, 15) is 9.59 Å². The van der Waals surface area contributed by atoms with Gasteiger partial charge in [0, 0.05) is 16.9 Å². The van der Waals surface area contributed by atoms with Crippen molar-refractivity contribution in [2.75, 3.05) is 12.4 Å². The van der Waals surface area contributed by atoms with Gasteiger partial charge in [0.25, 0.3) is 0 Å². The molecule has 0 aliphatic rings. The Morgan fingerprint density at radius 1 is 1.07 bits per heavy atom. The fourth-order valence-electron chi connectivity index (χ4n) is 3.11. The van der Waals surface area contributed by atoms with Crippen LogP contribution in [0.1, 0.15) is 32.9 Å². The molecule has 6 nitrogen and oxygen atoms in total. The zero-order valence-electron chi connectivity index (χ0n) is 16.4. The van der Waals surface area contributed by atoms with Gasteiger partial charge in [0.1, 0.15) is 0 Å². The molecule has 28 heavy (non-hydrogen) atoms. The van der Waals surface area contributed by atoms with Crippen LogP contribution in [-0.2, 0) is 16.0 Å². The normalized spacial score (nSPS) is 10.6. The first kappa shape index (κ1) is 19.4. The summed E-state index contributed by atoms with van der Waals surface area (Å²) in [7, 11) is 1.33. The molecular weight excluding hydrogens is 354 g/mol. The van der Waals surface area contributed by atoms with Crippen LogP contribution in [0.2, 0.25) is 0 Å². The van der Waals surface area contributed by atoms with Crippen molar-refractivity contribution in [3.8, 4) is 5.69 Å². The number of rotatable bonds is 5. The van der Waals surface area contributed by atoms with E-state index in [1.165, 1.54) is 7.11 Å². The van der Waals surface area contributed by atoms with E-state index in [1.54, 1.807) is 18.2 Å². The highest BCUT2D eigenvalue weighted by Crippen LogP contribution is 2.21. The van der Waals surface area contributed by atoms with Gasteiger partial charge in [-0.2, -0.15) is 5.10 Å². The van der Waals surface area contributed by atoms with Crippen LogP contribution in [0.4, 0.5) is 5.69 Å². The lowest BCUT2D eigenvalue weighted by molar-refractivity contribution is -0.115.